The molecule has 7 heteroatoms. The largest absolute Gasteiger partial charge is 0.573 e. The molecule has 0 aliphatic rings. The Morgan fingerprint density at radius 2 is 1.85 bits per heavy atom. The van der Waals surface area contributed by atoms with Crippen molar-refractivity contribution in [3.8, 4) is 5.75 Å². The number of alkyl halides is 3. The van der Waals surface area contributed by atoms with E-state index in [1.165, 1.54) is 12.1 Å². The minimum absolute atomic E-state index is 0.0949. The summed E-state index contributed by atoms with van der Waals surface area (Å²) in [5.74, 6) is -0.639. The van der Waals surface area contributed by atoms with E-state index in [0.717, 1.165) is 39.8 Å². The fraction of sp³-hybridized carbons (Fsp3) is 0.211. The van der Waals surface area contributed by atoms with Gasteiger partial charge in [-0.3, -0.25) is 4.79 Å². The Kier molecular flexibility index (Phi) is 4.63. The molecule has 0 atom stereocenters. The maximum absolute atomic E-state index is 12.3. The van der Waals surface area contributed by atoms with E-state index in [1.54, 1.807) is 6.26 Å². The van der Waals surface area contributed by atoms with Crippen LogP contribution in [0.2, 0.25) is 0 Å². The summed E-state index contributed by atoms with van der Waals surface area (Å²) < 4.78 is 45.8. The van der Waals surface area contributed by atoms with E-state index in [4.69, 9.17) is 4.42 Å². The second-order valence-corrected chi connectivity index (χ2v) is 6.01. The van der Waals surface area contributed by atoms with Gasteiger partial charge in [-0.15, -0.1) is 13.2 Å². The highest BCUT2D eigenvalue weighted by atomic mass is 19.4. The van der Waals surface area contributed by atoms with Crippen LogP contribution in [-0.4, -0.2) is 12.3 Å². The average Bonchev–Trinajstić information content (AvgIpc) is 2.90. The van der Waals surface area contributed by atoms with E-state index in [1.807, 2.05) is 26.0 Å². The van der Waals surface area contributed by atoms with Gasteiger partial charge in [-0.1, -0.05) is 6.07 Å². The van der Waals surface area contributed by atoms with Crippen LogP contribution in [0.15, 0.2) is 47.1 Å². The zero-order valence-corrected chi connectivity index (χ0v) is 14.1. The fourth-order valence-corrected chi connectivity index (χ4v) is 2.87. The lowest BCUT2D eigenvalue weighted by atomic mass is 10.0. The number of rotatable bonds is 4. The van der Waals surface area contributed by atoms with Crippen LogP contribution < -0.4 is 10.1 Å². The molecule has 0 aliphatic carbocycles. The first-order valence-corrected chi connectivity index (χ1v) is 7.84. The van der Waals surface area contributed by atoms with Gasteiger partial charge in [0.1, 0.15) is 11.3 Å². The van der Waals surface area contributed by atoms with Gasteiger partial charge in [-0.2, -0.15) is 0 Å². The van der Waals surface area contributed by atoms with Crippen LogP contribution in [0.3, 0.4) is 0 Å². The molecule has 3 aromatic rings. The Balaban J connectivity index is 1.70. The number of furan rings is 1. The topological polar surface area (TPSA) is 51.5 Å². The summed E-state index contributed by atoms with van der Waals surface area (Å²) in [7, 11) is 0. The second-order valence-electron chi connectivity index (χ2n) is 6.01. The number of carbonyl (C=O) groups excluding carboxylic acids is 1. The molecule has 1 heterocycles. The van der Waals surface area contributed by atoms with Gasteiger partial charge < -0.3 is 14.5 Å². The van der Waals surface area contributed by atoms with E-state index < -0.39 is 6.36 Å². The number of anilines is 1. The predicted octanol–water partition coefficient (Wildman–Crippen LogP) is 5.13. The van der Waals surface area contributed by atoms with E-state index in [0.29, 0.717) is 5.69 Å². The molecular weight excluding hydrogens is 347 g/mol. The monoisotopic (exact) mass is 363 g/mol. The first kappa shape index (κ1) is 17.8. The molecule has 0 unspecified atom stereocenters. The van der Waals surface area contributed by atoms with Crippen molar-refractivity contribution in [3.63, 3.8) is 0 Å². The third-order valence-corrected chi connectivity index (χ3v) is 3.82. The van der Waals surface area contributed by atoms with Gasteiger partial charge in [0.05, 0.1) is 12.7 Å². The Morgan fingerprint density at radius 3 is 2.50 bits per heavy atom. The molecule has 3 rings (SSSR count). The number of nitrogens with one attached hydrogen (secondary N) is 1. The van der Waals surface area contributed by atoms with Crippen molar-refractivity contribution in [2.24, 2.45) is 0 Å². The van der Waals surface area contributed by atoms with Crippen LogP contribution >= 0.6 is 0 Å². The summed E-state index contributed by atoms with van der Waals surface area (Å²) in [6, 6.07) is 8.90. The van der Waals surface area contributed by atoms with Crippen LogP contribution in [0, 0.1) is 13.8 Å². The maximum atomic E-state index is 12.3. The molecule has 0 fully saturated rings. The number of benzene rings is 2. The minimum Gasteiger partial charge on any atom is -0.464 e. The van der Waals surface area contributed by atoms with Crippen molar-refractivity contribution >= 4 is 22.6 Å². The summed E-state index contributed by atoms with van der Waals surface area (Å²) in [6.07, 6.45) is -3.10. The Morgan fingerprint density at radius 1 is 1.15 bits per heavy atom. The van der Waals surface area contributed by atoms with Crippen molar-refractivity contribution in [2.45, 2.75) is 26.6 Å². The number of carbonyl (C=O) groups is 1. The Hall–Kier alpha value is -2.96. The van der Waals surface area contributed by atoms with Crippen molar-refractivity contribution in [1.82, 2.24) is 0 Å². The quantitative estimate of drug-likeness (QED) is 0.699. The number of ether oxygens (including phenoxy) is 1. The first-order valence-electron chi connectivity index (χ1n) is 7.84. The van der Waals surface area contributed by atoms with Crippen molar-refractivity contribution < 1.29 is 27.1 Å². The summed E-state index contributed by atoms with van der Waals surface area (Å²) in [6.45, 7) is 3.92. The summed E-state index contributed by atoms with van der Waals surface area (Å²) in [5, 5.41) is 3.55. The first-order chi connectivity index (χ1) is 12.2. The molecule has 4 nitrogen and oxygen atoms in total. The number of hydrogen-bond acceptors (Lipinski definition) is 3. The summed E-state index contributed by atoms with van der Waals surface area (Å²) in [4.78, 5) is 12.3. The van der Waals surface area contributed by atoms with Crippen LogP contribution in [0.5, 0.6) is 5.75 Å². The molecule has 0 aliphatic heterocycles. The van der Waals surface area contributed by atoms with Crippen LogP contribution in [-0.2, 0) is 11.2 Å². The molecule has 136 valence electrons. The SMILES string of the molecule is Cc1cc(C)c2c(CC(=O)Nc3ccc(OC(F)(F)F)cc3)coc2c1. The normalized spacial score (nSPS) is 11.6. The second kappa shape index (κ2) is 6.74. The smallest absolute Gasteiger partial charge is 0.464 e. The lowest BCUT2D eigenvalue weighted by Gasteiger charge is -2.10. The average molecular weight is 363 g/mol. The zero-order valence-electron chi connectivity index (χ0n) is 14.1. The lowest BCUT2D eigenvalue weighted by molar-refractivity contribution is -0.274. The molecule has 1 amide bonds. The highest BCUT2D eigenvalue weighted by Crippen LogP contribution is 2.27. The van der Waals surface area contributed by atoms with Gasteiger partial charge >= 0.3 is 6.36 Å². The standard InChI is InChI=1S/C19H16F3NO3/c1-11-7-12(2)18-13(10-25-16(18)8-11)9-17(24)23-14-3-5-15(6-4-14)26-19(20,21)22/h3-8,10H,9H2,1-2H3,(H,23,24). The van der Waals surface area contributed by atoms with Gasteiger partial charge in [0.25, 0.3) is 0 Å². The van der Waals surface area contributed by atoms with Gasteiger partial charge in [0.15, 0.2) is 0 Å². The molecule has 0 saturated carbocycles. The van der Waals surface area contributed by atoms with Gasteiger partial charge in [0, 0.05) is 16.6 Å². The van der Waals surface area contributed by atoms with E-state index in [2.05, 4.69) is 10.1 Å². The zero-order chi connectivity index (χ0) is 18.9. The third-order valence-electron chi connectivity index (χ3n) is 3.82. The van der Waals surface area contributed by atoms with E-state index >= 15 is 0 Å². The molecule has 1 N–H and O–H groups in total. The number of hydrogen-bond donors (Lipinski definition) is 1. The van der Waals surface area contributed by atoms with Gasteiger partial charge in [-0.05, 0) is 55.3 Å². The molecule has 0 saturated heterocycles. The summed E-state index contributed by atoms with van der Waals surface area (Å²) in [5.41, 5.74) is 3.95. The molecule has 0 radical (unpaired) electrons. The van der Waals surface area contributed by atoms with Crippen LogP contribution in [0.25, 0.3) is 11.0 Å². The van der Waals surface area contributed by atoms with Crippen LogP contribution in [0.1, 0.15) is 16.7 Å². The highest BCUT2D eigenvalue weighted by Gasteiger charge is 2.30. The van der Waals surface area contributed by atoms with E-state index in [-0.39, 0.29) is 18.1 Å². The van der Waals surface area contributed by atoms with Crippen LogP contribution in [0.4, 0.5) is 18.9 Å². The number of fused-ring (bicyclic) bond motifs is 1. The van der Waals surface area contributed by atoms with Gasteiger partial charge in [0.2, 0.25) is 5.91 Å². The third kappa shape index (κ3) is 4.17. The van der Waals surface area contributed by atoms with Gasteiger partial charge in [-0.25, -0.2) is 0 Å². The molecule has 1 aromatic heterocycles. The van der Waals surface area contributed by atoms with Crippen molar-refractivity contribution in [3.05, 3.63) is 59.4 Å². The minimum atomic E-state index is -4.75. The number of halogens is 3. The summed E-state index contributed by atoms with van der Waals surface area (Å²) >= 11 is 0. The lowest BCUT2D eigenvalue weighted by Crippen LogP contribution is -2.17. The Labute approximate surface area is 147 Å². The van der Waals surface area contributed by atoms with Crippen molar-refractivity contribution in [2.75, 3.05) is 5.32 Å². The number of amides is 1. The number of aryl methyl sites for hydroxylation is 2. The molecule has 2 aromatic carbocycles. The highest BCUT2D eigenvalue weighted by molar-refractivity contribution is 5.96. The maximum Gasteiger partial charge on any atom is 0.573 e. The van der Waals surface area contributed by atoms with E-state index in [9.17, 15) is 18.0 Å². The molecule has 0 bridgehead atoms. The molecule has 0 spiro atoms. The molecule has 26 heavy (non-hydrogen) atoms. The molecular formula is C19H16F3NO3. The fourth-order valence-electron chi connectivity index (χ4n) is 2.87. The Bertz CT molecular complexity index is 943. The predicted molar refractivity (Wildman–Crippen MR) is 91.1 cm³/mol. The van der Waals surface area contributed by atoms with Crippen molar-refractivity contribution in [1.29, 1.82) is 0 Å².